The number of nitrogens with zero attached hydrogens (tertiary/aromatic N) is 1. The number of carbonyl (C=O) groups is 3. The second kappa shape index (κ2) is 52.0. The summed E-state index contributed by atoms with van der Waals surface area (Å²) in [5, 5.41) is 0. The maximum Gasteiger partial charge on any atom is 0.293 e. The van der Waals surface area contributed by atoms with E-state index in [1.165, 1.54) is 141 Å². The van der Waals surface area contributed by atoms with Crippen molar-refractivity contribution in [1.82, 2.24) is 4.90 Å². The number of likely N-dealkylation sites (tertiary alicyclic amines) is 1. The molecule has 1 heterocycles. The number of ether oxygens (including phenoxy) is 1. The molecule has 0 bridgehead atoms. The lowest BCUT2D eigenvalue weighted by atomic mass is 9.60. The van der Waals surface area contributed by atoms with Crippen LogP contribution in [0.1, 0.15) is 263 Å². The summed E-state index contributed by atoms with van der Waals surface area (Å²) in [5.74, 6) is 4.06. The van der Waals surface area contributed by atoms with E-state index in [0.29, 0.717) is 25.3 Å². The largest absolute Gasteiger partial charge is 0.468 e. The highest BCUT2D eigenvalue weighted by atomic mass is 16.5. The molecule has 5 nitrogen and oxygen atoms in total. The fourth-order valence-electron chi connectivity index (χ4n) is 7.45. The van der Waals surface area contributed by atoms with Gasteiger partial charge in [-0.15, -0.1) is 0 Å². The first-order valence-corrected chi connectivity index (χ1v) is 25.6. The Morgan fingerprint density at radius 3 is 1.55 bits per heavy atom. The molecule has 6 heteroatoms. The summed E-state index contributed by atoms with van der Waals surface area (Å²) in [5.41, 5.74) is 0. The van der Waals surface area contributed by atoms with Gasteiger partial charge in [-0.05, 0) is 83.7 Å². The highest BCUT2D eigenvalue weighted by Crippen LogP contribution is 2.29. The van der Waals surface area contributed by atoms with Crippen molar-refractivity contribution < 1.29 is 19.1 Å². The van der Waals surface area contributed by atoms with Gasteiger partial charge in [0.15, 0.2) is 0 Å². The van der Waals surface area contributed by atoms with E-state index in [4.69, 9.17) is 0 Å². The van der Waals surface area contributed by atoms with E-state index in [-0.39, 0.29) is 5.78 Å². The third-order valence-electron chi connectivity index (χ3n) is 11.7. The molecule has 1 saturated heterocycles. The predicted molar refractivity (Wildman–Crippen MR) is 261 cm³/mol. The second-order valence-corrected chi connectivity index (χ2v) is 17.6. The van der Waals surface area contributed by atoms with Gasteiger partial charge in [-0.1, -0.05) is 210 Å². The Hall–Kier alpha value is -1.17. The van der Waals surface area contributed by atoms with Crippen molar-refractivity contribution in [3.8, 4) is 0 Å². The predicted octanol–water partition coefficient (Wildman–Crippen LogP) is 16.5. The van der Waals surface area contributed by atoms with Crippen LogP contribution in [0, 0.1) is 17.8 Å². The molecule has 0 spiro atoms. The zero-order chi connectivity index (χ0) is 44.7. The van der Waals surface area contributed by atoms with Crippen molar-refractivity contribution in [2.75, 3.05) is 19.7 Å². The van der Waals surface area contributed by atoms with E-state index >= 15 is 0 Å². The van der Waals surface area contributed by atoms with Crippen molar-refractivity contribution in [3.63, 3.8) is 0 Å². The molecule has 0 amide bonds. The Morgan fingerprint density at radius 1 is 0.638 bits per heavy atom. The maximum atomic E-state index is 10.9. The fourth-order valence-corrected chi connectivity index (χ4v) is 7.45. The summed E-state index contributed by atoms with van der Waals surface area (Å²) >= 11 is 0. The minimum absolute atomic E-state index is 0.268. The second-order valence-electron chi connectivity index (χ2n) is 17.6. The maximum absolute atomic E-state index is 10.9. The monoisotopic (exact) mass is 821 g/mol. The zero-order valence-corrected chi connectivity index (χ0v) is 42.0. The van der Waals surface area contributed by atoms with Crippen LogP contribution < -0.4 is 0 Å². The lowest BCUT2D eigenvalue weighted by molar-refractivity contribution is -0.128. The molecule has 0 saturated carbocycles. The molecule has 0 aliphatic carbocycles. The Kier molecular flexibility index (Phi) is 56.9. The first-order chi connectivity index (χ1) is 28.0. The van der Waals surface area contributed by atoms with Crippen LogP contribution in [-0.2, 0) is 19.1 Å². The topological polar surface area (TPSA) is 63.7 Å². The molecule has 1 rings (SSSR count). The molecule has 0 N–H and O–H groups in total. The molecule has 0 aromatic heterocycles. The average Bonchev–Trinajstić information content (AvgIpc) is 3.57. The Bertz CT molecular complexity index is 805. The molecule has 347 valence electrons. The fraction of sp³-hybridized carbons (Fsp3) is 0.942. The summed E-state index contributed by atoms with van der Waals surface area (Å²) in [4.78, 5) is 33.9. The molecular formula is C52H107BNO4. The average molecular weight is 821 g/mol. The molecule has 3 unspecified atom stereocenters. The van der Waals surface area contributed by atoms with Gasteiger partial charge in [0.1, 0.15) is 18.8 Å². The van der Waals surface area contributed by atoms with Crippen molar-refractivity contribution in [2.45, 2.75) is 282 Å². The van der Waals surface area contributed by atoms with Crippen LogP contribution in [0.4, 0.5) is 0 Å². The van der Waals surface area contributed by atoms with Gasteiger partial charge in [-0.2, -0.15) is 0 Å². The molecule has 1 aliphatic rings. The Balaban J connectivity index is -0.000000374. The summed E-state index contributed by atoms with van der Waals surface area (Å²) in [6.07, 6.45) is 35.9. The number of Topliss-reactive ketones (excluding diaryl/α,β-unsaturated/α-hetero) is 2. The van der Waals surface area contributed by atoms with Gasteiger partial charge >= 0.3 is 0 Å². The van der Waals surface area contributed by atoms with E-state index in [0.717, 1.165) is 74.6 Å². The van der Waals surface area contributed by atoms with Gasteiger partial charge in [0, 0.05) is 18.9 Å². The van der Waals surface area contributed by atoms with Crippen molar-refractivity contribution in [3.05, 3.63) is 0 Å². The van der Waals surface area contributed by atoms with Crippen LogP contribution in [0.3, 0.4) is 0 Å². The van der Waals surface area contributed by atoms with Crippen LogP contribution in [0.2, 0.25) is 12.1 Å². The van der Waals surface area contributed by atoms with E-state index in [9.17, 15) is 14.4 Å². The molecule has 3 atom stereocenters. The molecule has 58 heavy (non-hydrogen) atoms. The van der Waals surface area contributed by atoms with Crippen molar-refractivity contribution >= 4 is 25.3 Å². The Morgan fingerprint density at radius 2 is 1.09 bits per heavy atom. The van der Waals surface area contributed by atoms with Crippen LogP contribution in [0.25, 0.3) is 0 Å². The van der Waals surface area contributed by atoms with Crippen LogP contribution in [-0.4, -0.2) is 56.0 Å². The molecule has 0 aromatic rings. The number of hydrogen-bond acceptors (Lipinski definition) is 5. The number of hydrogen-bond donors (Lipinski definition) is 0. The van der Waals surface area contributed by atoms with Gasteiger partial charge in [0.05, 0.1) is 6.61 Å². The number of ketones is 2. The first kappa shape index (κ1) is 63.5. The number of unbranched alkanes of at least 4 members (excludes halogenated alkanes) is 16. The highest BCUT2D eigenvalue weighted by molar-refractivity contribution is 6.37. The van der Waals surface area contributed by atoms with Crippen LogP contribution in [0.15, 0.2) is 0 Å². The summed E-state index contributed by atoms with van der Waals surface area (Å²) in [6, 6.07) is 0.735. The van der Waals surface area contributed by atoms with E-state index in [2.05, 4.69) is 65.4 Å². The van der Waals surface area contributed by atoms with Crippen LogP contribution in [0.5, 0.6) is 0 Å². The lowest BCUT2D eigenvalue weighted by Gasteiger charge is -2.20. The standard InChI is InChI=1S/C20H39BNO.C18H38.C10H18O3.2C2H6/c1-16(2)17(3)10-9-12-21-20-14-18(4)22(15-20)13-8-6-7-11-19(5)23;1-4-6-8-10-12-14-16-18(3)17-15-13-11-9-7-5-2;1-10(12)7-5-3-2-4-6-8-13-9-11;2*1-2/h16-18,20H,6-15H2,1-5H3;18H,4-17H2,1-3H3;9H,2-8H2,1H3;2*1-2H3. The molecular weight excluding hydrogens is 713 g/mol. The number of carbonyl (C=O) groups excluding carboxylic acids is 3. The van der Waals surface area contributed by atoms with Gasteiger partial charge in [0.2, 0.25) is 0 Å². The quantitative estimate of drug-likeness (QED) is 0.0362. The van der Waals surface area contributed by atoms with Gasteiger partial charge in [-0.25, -0.2) is 0 Å². The molecule has 1 radical (unpaired) electrons. The SMILES string of the molecule is CC.CC.CC(=O)CCCCCCCOC=O.CC(=O)CCCCCN1CC([B]CCCC(C)C(C)C)CC1C.CCCCCCCCC(C)CCCCCCCC. The third-order valence-corrected chi connectivity index (χ3v) is 11.7. The lowest BCUT2D eigenvalue weighted by Crippen LogP contribution is -2.28. The van der Waals surface area contributed by atoms with Crippen LogP contribution >= 0.6 is 0 Å². The Labute approximate surface area is 367 Å². The molecule has 0 aromatic carbocycles. The van der Waals surface area contributed by atoms with E-state index < -0.39 is 0 Å². The van der Waals surface area contributed by atoms with Crippen molar-refractivity contribution in [2.24, 2.45) is 17.8 Å². The van der Waals surface area contributed by atoms with Gasteiger partial charge in [0.25, 0.3) is 6.47 Å². The van der Waals surface area contributed by atoms with Crippen molar-refractivity contribution in [1.29, 1.82) is 0 Å². The zero-order valence-electron chi connectivity index (χ0n) is 42.0. The minimum Gasteiger partial charge on any atom is -0.468 e. The van der Waals surface area contributed by atoms with Gasteiger partial charge in [-0.3, -0.25) is 4.79 Å². The van der Waals surface area contributed by atoms with E-state index in [1.54, 1.807) is 13.8 Å². The summed E-state index contributed by atoms with van der Waals surface area (Å²) in [6.45, 7) is 31.3. The summed E-state index contributed by atoms with van der Waals surface area (Å²) < 4.78 is 4.54. The van der Waals surface area contributed by atoms with Gasteiger partial charge < -0.3 is 19.2 Å². The molecule has 1 fully saturated rings. The normalized spacial score (nSPS) is 15.2. The minimum atomic E-state index is 0.268. The summed E-state index contributed by atoms with van der Waals surface area (Å²) in [7, 11) is 2.60. The van der Waals surface area contributed by atoms with E-state index in [1.807, 2.05) is 27.7 Å². The third kappa shape index (κ3) is 51.0. The molecule has 1 aliphatic heterocycles. The highest BCUT2D eigenvalue weighted by Gasteiger charge is 2.28. The number of rotatable bonds is 35. The smallest absolute Gasteiger partial charge is 0.293 e. The first-order valence-electron chi connectivity index (χ1n) is 25.6.